The molecule has 7 heteroatoms. The molecule has 2 aromatic rings. The summed E-state index contributed by atoms with van der Waals surface area (Å²) in [6.45, 7) is 0. The molecule has 2 N–H and O–H groups in total. The lowest BCUT2D eigenvalue weighted by Crippen LogP contribution is -2.02. The van der Waals surface area contributed by atoms with Crippen LogP contribution in [0.15, 0.2) is 34.9 Å². The molecule has 1 aromatic carbocycles. The molecule has 0 saturated heterocycles. The fraction of sp³-hybridized carbons (Fsp3) is 0. The molecule has 5 nitrogen and oxygen atoms in total. The molecule has 0 atom stereocenters. The van der Waals surface area contributed by atoms with Crippen molar-refractivity contribution >= 4 is 45.0 Å². The van der Waals surface area contributed by atoms with Gasteiger partial charge in [0.05, 0.1) is 21.8 Å². The average molecular weight is 353 g/mol. The van der Waals surface area contributed by atoms with Gasteiger partial charge in [-0.05, 0) is 24.3 Å². The Bertz CT molecular complexity index is 728. The van der Waals surface area contributed by atoms with Crippen molar-refractivity contribution in [1.82, 2.24) is 4.98 Å². The van der Waals surface area contributed by atoms with E-state index < -0.39 is 5.97 Å². The average Bonchev–Trinajstić information content (AvgIpc) is 2.42. The van der Waals surface area contributed by atoms with Crippen LogP contribution in [0.5, 0.6) is 0 Å². The normalized spacial score (nSPS) is 9.85. The van der Waals surface area contributed by atoms with E-state index in [4.69, 9.17) is 22.0 Å². The predicted octanol–water partition coefficient (Wildman–Crippen LogP) is 3.81. The number of pyridine rings is 1. The highest BCUT2D eigenvalue weighted by atomic mass is 79.9. The largest absolute Gasteiger partial charge is 0.478 e. The third kappa shape index (κ3) is 3.07. The number of nitriles is 1. The zero-order chi connectivity index (χ0) is 14.7. The van der Waals surface area contributed by atoms with Gasteiger partial charge in [-0.15, -0.1) is 0 Å². The molecule has 2 rings (SSSR count). The highest BCUT2D eigenvalue weighted by molar-refractivity contribution is 9.10. The number of aromatic nitrogens is 1. The molecule has 0 radical (unpaired) electrons. The number of carboxylic acid groups (broad SMARTS) is 1. The first-order valence-electron chi connectivity index (χ1n) is 5.37. The quantitative estimate of drug-likeness (QED) is 0.877. The number of rotatable bonds is 3. The predicted molar refractivity (Wildman–Crippen MR) is 78.3 cm³/mol. The summed E-state index contributed by atoms with van der Waals surface area (Å²) in [7, 11) is 0. The molecule has 0 aliphatic heterocycles. The Balaban J connectivity index is 2.38. The first kappa shape index (κ1) is 14.3. The van der Waals surface area contributed by atoms with Crippen LogP contribution in [0.25, 0.3) is 0 Å². The number of benzene rings is 1. The molecule has 100 valence electrons. The van der Waals surface area contributed by atoms with Crippen molar-refractivity contribution in [3.63, 3.8) is 0 Å². The summed E-state index contributed by atoms with van der Waals surface area (Å²) in [6.07, 6.45) is 1.25. The van der Waals surface area contributed by atoms with E-state index in [0.29, 0.717) is 17.1 Å². The topological polar surface area (TPSA) is 86.0 Å². The number of hydrogen-bond acceptors (Lipinski definition) is 4. The molecule has 1 heterocycles. The Labute approximate surface area is 128 Å². The van der Waals surface area contributed by atoms with Gasteiger partial charge in [-0.3, -0.25) is 0 Å². The fourth-order valence-electron chi connectivity index (χ4n) is 1.53. The van der Waals surface area contributed by atoms with Gasteiger partial charge >= 0.3 is 5.97 Å². The molecule has 0 saturated carbocycles. The summed E-state index contributed by atoms with van der Waals surface area (Å²) < 4.78 is 0.773. The maximum Gasteiger partial charge on any atom is 0.337 e. The minimum absolute atomic E-state index is 0.0550. The highest BCUT2D eigenvalue weighted by Crippen LogP contribution is 2.25. The smallest absolute Gasteiger partial charge is 0.337 e. The second-order valence-corrected chi connectivity index (χ2v) is 5.10. The summed E-state index contributed by atoms with van der Waals surface area (Å²) in [5.41, 5.74) is 0.884. The molecule has 0 amide bonds. The minimum atomic E-state index is -1.14. The van der Waals surface area contributed by atoms with Crippen LogP contribution in [-0.4, -0.2) is 16.1 Å². The van der Waals surface area contributed by atoms with Gasteiger partial charge in [0.1, 0.15) is 11.9 Å². The number of aromatic carboxylic acids is 1. The Morgan fingerprint density at radius 2 is 2.20 bits per heavy atom. The number of carbonyl (C=O) groups is 1. The molecule has 0 unspecified atom stereocenters. The lowest BCUT2D eigenvalue weighted by atomic mass is 10.2. The zero-order valence-electron chi connectivity index (χ0n) is 9.89. The molecular formula is C13H7BrClN3O2. The second kappa shape index (κ2) is 5.90. The maximum atomic E-state index is 11.0. The summed E-state index contributed by atoms with van der Waals surface area (Å²) in [4.78, 5) is 15.0. The molecule has 0 bridgehead atoms. The van der Waals surface area contributed by atoms with Gasteiger partial charge in [-0.1, -0.05) is 27.5 Å². The number of nitrogens with zero attached hydrogens (tertiary/aromatic N) is 2. The van der Waals surface area contributed by atoms with E-state index in [1.807, 2.05) is 6.07 Å². The van der Waals surface area contributed by atoms with Gasteiger partial charge in [-0.2, -0.15) is 5.26 Å². The van der Waals surface area contributed by atoms with E-state index in [0.717, 1.165) is 4.47 Å². The van der Waals surface area contributed by atoms with Crippen LogP contribution in [0, 0.1) is 11.3 Å². The Morgan fingerprint density at radius 3 is 2.85 bits per heavy atom. The zero-order valence-corrected chi connectivity index (χ0v) is 12.2. The summed E-state index contributed by atoms with van der Waals surface area (Å²) >= 11 is 9.02. The number of nitrogens with one attached hydrogen (secondary N) is 1. The van der Waals surface area contributed by atoms with Gasteiger partial charge in [-0.25, -0.2) is 9.78 Å². The van der Waals surface area contributed by atoms with Crippen LogP contribution in [0.2, 0.25) is 5.02 Å². The Morgan fingerprint density at radius 1 is 1.45 bits per heavy atom. The van der Waals surface area contributed by atoms with E-state index in [1.165, 1.54) is 12.3 Å². The standard InChI is InChI=1S/C13H7BrClN3O2/c14-8-1-2-11(7(3-8)5-16)18-12-4-9(13(19)20)10(15)6-17-12/h1-4,6H,(H,17,18)(H,19,20). The molecule has 0 aliphatic carbocycles. The third-order valence-corrected chi connectivity index (χ3v) is 3.24. The van der Waals surface area contributed by atoms with Crippen LogP contribution in [0.1, 0.15) is 15.9 Å². The first-order valence-corrected chi connectivity index (χ1v) is 6.54. The highest BCUT2D eigenvalue weighted by Gasteiger charge is 2.11. The number of hydrogen-bond donors (Lipinski definition) is 2. The summed E-state index contributed by atoms with van der Waals surface area (Å²) in [5.74, 6) is -0.845. The molecule has 1 aromatic heterocycles. The lowest BCUT2D eigenvalue weighted by Gasteiger charge is -2.09. The monoisotopic (exact) mass is 351 g/mol. The summed E-state index contributed by atoms with van der Waals surface area (Å²) in [6, 6.07) is 8.46. The van der Waals surface area contributed by atoms with Crippen LogP contribution in [0.3, 0.4) is 0 Å². The van der Waals surface area contributed by atoms with Gasteiger partial charge in [0.25, 0.3) is 0 Å². The van der Waals surface area contributed by atoms with Gasteiger partial charge in [0.2, 0.25) is 0 Å². The van der Waals surface area contributed by atoms with Crippen molar-refractivity contribution < 1.29 is 9.90 Å². The third-order valence-electron chi connectivity index (χ3n) is 2.45. The molecular weight excluding hydrogens is 346 g/mol. The van der Waals surface area contributed by atoms with Crippen LogP contribution < -0.4 is 5.32 Å². The molecule has 20 heavy (non-hydrogen) atoms. The van der Waals surface area contributed by atoms with Crippen molar-refractivity contribution in [2.45, 2.75) is 0 Å². The Kier molecular flexibility index (Phi) is 4.23. The second-order valence-electron chi connectivity index (χ2n) is 3.78. The van der Waals surface area contributed by atoms with E-state index in [2.05, 4.69) is 26.2 Å². The van der Waals surface area contributed by atoms with Crippen molar-refractivity contribution in [2.24, 2.45) is 0 Å². The lowest BCUT2D eigenvalue weighted by molar-refractivity contribution is 0.0697. The SMILES string of the molecule is N#Cc1cc(Br)ccc1Nc1cc(C(=O)O)c(Cl)cn1. The number of anilines is 2. The first-order chi connectivity index (χ1) is 9.51. The molecule has 0 spiro atoms. The molecule has 0 aliphatic rings. The van der Waals surface area contributed by atoms with Gasteiger partial charge in [0, 0.05) is 10.7 Å². The van der Waals surface area contributed by atoms with Gasteiger partial charge < -0.3 is 10.4 Å². The van der Waals surface area contributed by atoms with Crippen LogP contribution >= 0.6 is 27.5 Å². The minimum Gasteiger partial charge on any atom is -0.478 e. The van der Waals surface area contributed by atoms with E-state index >= 15 is 0 Å². The van der Waals surface area contributed by atoms with Crippen LogP contribution in [-0.2, 0) is 0 Å². The maximum absolute atomic E-state index is 11.0. The van der Waals surface area contributed by atoms with Crippen molar-refractivity contribution in [3.05, 3.63) is 51.1 Å². The van der Waals surface area contributed by atoms with Crippen molar-refractivity contribution in [1.29, 1.82) is 5.26 Å². The summed E-state index contributed by atoms with van der Waals surface area (Å²) in [5, 5.41) is 21.0. The van der Waals surface area contributed by atoms with E-state index in [9.17, 15) is 4.79 Å². The van der Waals surface area contributed by atoms with Gasteiger partial charge in [0.15, 0.2) is 0 Å². The van der Waals surface area contributed by atoms with Crippen molar-refractivity contribution in [3.8, 4) is 6.07 Å². The van der Waals surface area contributed by atoms with Crippen LogP contribution in [0.4, 0.5) is 11.5 Å². The van der Waals surface area contributed by atoms with E-state index in [-0.39, 0.29) is 10.6 Å². The number of carboxylic acids is 1. The van der Waals surface area contributed by atoms with E-state index in [1.54, 1.807) is 18.2 Å². The fourth-order valence-corrected chi connectivity index (χ4v) is 2.07. The van der Waals surface area contributed by atoms with Crippen molar-refractivity contribution in [2.75, 3.05) is 5.32 Å². The molecule has 0 fully saturated rings. The Hall–Kier alpha value is -2.10. The number of halogens is 2.